The second-order valence-electron chi connectivity index (χ2n) is 6.87. The lowest BCUT2D eigenvalue weighted by Crippen LogP contribution is -2.17. The van der Waals surface area contributed by atoms with E-state index in [0.717, 1.165) is 52.3 Å². The molecule has 0 saturated carbocycles. The van der Waals surface area contributed by atoms with E-state index in [0.29, 0.717) is 5.95 Å². The number of aromatic nitrogens is 3. The molecule has 0 amide bonds. The Morgan fingerprint density at radius 2 is 1.82 bits per heavy atom. The molecule has 0 fully saturated rings. The van der Waals surface area contributed by atoms with Crippen LogP contribution in [0, 0.1) is 6.92 Å². The Labute approximate surface area is 174 Å². The topological polar surface area (TPSA) is 66.0 Å². The van der Waals surface area contributed by atoms with E-state index in [9.17, 15) is 0 Å². The van der Waals surface area contributed by atoms with E-state index >= 15 is 0 Å². The quantitative estimate of drug-likeness (QED) is 0.494. The van der Waals surface area contributed by atoms with Gasteiger partial charge in [-0.15, -0.1) is 0 Å². The summed E-state index contributed by atoms with van der Waals surface area (Å²) in [7, 11) is 4.14. The van der Waals surface area contributed by atoms with Crippen molar-refractivity contribution in [1.82, 2.24) is 19.9 Å². The zero-order valence-corrected chi connectivity index (χ0v) is 18.0. The average Bonchev–Trinajstić information content (AvgIpc) is 2.68. The van der Waals surface area contributed by atoms with Crippen molar-refractivity contribution in [1.29, 1.82) is 0 Å². The van der Waals surface area contributed by atoms with Crippen molar-refractivity contribution in [3.8, 4) is 11.3 Å². The predicted molar refractivity (Wildman–Crippen MR) is 119 cm³/mol. The van der Waals surface area contributed by atoms with Crippen LogP contribution < -0.4 is 10.6 Å². The van der Waals surface area contributed by atoms with E-state index in [1.54, 1.807) is 12.4 Å². The first-order valence-electron chi connectivity index (χ1n) is 9.22. The van der Waals surface area contributed by atoms with Gasteiger partial charge in [-0.05, 0) is 69.9 Å². The third-order valence-electron chi connectivity index (χ3n) is 4.20. The van der Waals surface area contributed by atoms with Crippen LogP contribution in [0.3, 0.4) is 0 Å². The molecule has 0 bridgehead atoms. The minimum atomic E-state index is 0.615. The molecule has 2 heterocycles. The molecule has 6 nitrogen and oxygen atoms in total. The summed E-state index contributed by atoms with van der Waals surface area (Å²) in [4.78, 5) is 15.6. The van der Waals surface area contributed by atoms with Crippen LogP contribution in [0.15, 0.2) is 53.3 Å². The zero-order valence-electron chi connectivity index (χ0n) is 16.4. The molecule has 0 aliphatic carbocycles. The Bertz CT molecular complexity index is 914. The summed E-state index contributed by atoms with van der Waals surface area (Å²) in [6, 6.07) is 12.0. The highest BCUT2D eigenvalue weighted by atomic mass is 79.9. The van der Waals surface area contributed by atoms with E-state index < -0.39 is 0 Å². The van der Waals surface area contributed by atoms with Crippen LogP contribution in [0.2, 0.25) is 0 Å². The van der Waals surface area contributed by atoms with Gasteiger partial charge in [-0.25, -0.2) is 4.98 Å². The first-order valence-corrected chi connectivity index (χ1v) is 10.0. The molecule has 0 spiro atoms. The summed E-state index contributed by atoms with van der Waals surface area (Å²) in [5.41, 5.74) is 4.00. The highest BCUT2D eigenvalue weighted by molar-refractivity contribution is 9.10. The maximum absolute atomic E-state index is 4.68. The van der Waals surface area contributed by atoms with Crippen LogP contribution in [0.25, 0.3) is 11.3 Å². The average molecular weight is 441 g/mol. The molecule has 7 heteroatoms. The van der Waals surface area contributed by atoms with Crippen molar-refractivity contribution in [3.63, 3.8) is 0 Å². The SMILES string of the molecule is Cc1cc(Nc2cc(-c3ccncc3)nc(NCCCN(C)C)n2)ccc1Br. The summed E-state index contributed by atoms with van der Waals surface area (Å²) in [5, 5.41) is 6.74. The van der Waals surface area contributed by atoms with Gasteiger partial charge >= 0.3 is 0 Å². The number of hydrogen-bond acceptors (Lipinski definition) is 6. The summed E-state index contributed by atoms with van der Waals surface area (Å²) in [6.45, 7) is 3.89. The highest BCUT2D eigenvalue weighted by Gasteiger charge is 2.08. The largest absolute Gasteiger partial charge is 0.354 e. The smallest absolute Gasteiger partial charge is 0.225 e. The highest BCUT2D eigenvalue weighted by Crippen LogP contribution is 2.25. The maximum atomic E-state index is 4.68. The fourth-order valence-electron chi connectivity index (χ4n) is 2.73. The van der Waals surface area contributed by atoms with Crippen molar-refractivity contribution in [3.05, 3.63) is 58.8 Å². The van der Waals surface area contributed by atoms with Gasteiger partial charge in [0.1, 0.15) is 5.82 Å². The molecule has 3 aromatic rings. The van der Waals surface area contributed by atoms with Crippen LogP contribution >= 0.6 is 15.9 Å². The second-order valence-corrected chi connectivity index (χ2v) is 7.72. The van der Waals surface area contributed by atoms with Gasteiger partial charge in [0.15, 0.2) is 0 Å². The maximum Gasteiger partial charge on any atom is 0.225 e. The lowest BCUT2D eigenvalue weighted by Gasteiger charge is -2.13. The van der Waals surface area contributed by atoms with Gasteiger partial charge in [0.25, 0.3) is 0 Å². The number of halogens is 1. The number of benzene rings is 1. The van der Waals surface area contributed by atoms with Crippen molar-refractivity contribution < 1.29 is 0 Å². The monoisotopic (exact) mass is 440 g/mol. The summed E-state index contributed by atoms with van der Waals surface area (Å²) in [5.74, 6) is 1.36. The molecule has 0 aliphatic rings. The Morgan fingerprint density at radius 3 is 2.54 bits per heavy atom. The number of hydrogen-bond donors (Lipinski definition) is 2. The van der Waals surface area contributed by atoms with Crippen molar-refractivity contribution >= 4 is 33.4 Å². The van der Waals surface area contributed by atoms with Crippen molar-refractivity contribution in [2.75, 3.05) is 37.8 Å². The van der Waals surface area contributed by atoms with E-state index in [4.69, 9.17) is 0 Å². The minimum absolute atomic E-state index is 0.615. The molecule has 2 N–H and O–H groups in total. The van der Waals surface area contributed by atoms with Crippen LogP contribution in [-0.4, -0.2) is 47.0 Å². The van der Waals surface area contributed by atoms with E-state index in [1.165, 1.54) is 0 Å². The number of anilines is 3. The Balaban J connectivity index is 1.85. The number of rotatable bonds is 8. The number of aryl methyl sites for hydroxylation is 1. The van der Waals surface area contributed by atoms with E-state index in [-0.39, 0.29) is 0 Å². The molecular weight excluding hydrogens is 416 g/mol. The molecule has 28 heavy (non-hydrogen) atoms. The first-order chi connectivity index (χ1) is 13.5. The molecule has 0 radical (unpaired) electrons. The molecule has 0 aliphatic heterocycles. The molecule has 3 rings (SSSR count). The van der Waals surface area contributed by atoms with Crippen LogP contribution in [0.4, 0.5) is 17.5 Å². The van der Waals surface area contributed by atoms with Gasteiger partial charge in [0.05, 0.1) is 5.69 Å². The van der Waals surface area contributed by atoms with Crippen molar-refractivity contribution in [2.24, 2.45) is 0 Å². The van der Waals surface area contributed by atoms with Gasteiger partial charge in [-0.1, -0.05) is 15.9 Å². The van der Waals surface area contributed by atoms with Gasteiger partial charge in [0, 0.05) is 40.7 Å². The summed E-state index contributed by atoms with van der Waals surface area (Å²) < 4.78 is 1.08. The molecule has 146 valence electrons. The third kappa shape index (κ3) is 5.74. The van der Waals surface area contributed by atoms with Gasteiger partial charge in [0.2, 0.25) is 5.95 Å². The fraction of sp³-hybridized carbons (Fsp3) is 0.286. The summed E-state index contributed by atoms with van der Waals surface area (Å²) >= 11 is 3.54. The first kappa shape index (κ1) is 20.2. The number of nitrogens with one attached hydrogen (secondary N) is 2. The second kappa shape index (κ2) is 9.61. The molecular formula is C21H25BrN6. The lowest BCUT2D eigenvalue weighted by atomic mass is 10.2. The Kier molecular flexibility index (Phi) is 6.95. The van der Waals surface area contributed by atoms with Crippen molar-refractivity contribution in [2.45, 2.75) is 13.3 Å². The van der Waals surface area contributed by atoms with Crippen LogP contribution in [0.5, 0.6) is 0 Å². The van der Waals surface area contributed by atoms with Gasteiger partial charge < -0.3 is 15.5 Å². The normalized spacial score (nSPS) is 10.9. The molecule has 0 atom stereocenters. The Morgan fingerprint density at radius 1 is 1.04 bits per heavy atom. The van der Waals surface area contributed by atoms with E-state index in [1.807, 2.05) is 30.3 Å². The van der Waals surface area contributed by atoms with E-state index in [2.05, 4.69) is 73.5 Å². The number of pyridine rings is 1. The summed E-state index contributed by atoms with van der Waals surface area (Å²) in [6.07, 6.45) is 4.56. The molecule has 0 saturated heterocycles. The molecule has 2 aromatic heterocycles. The lowest BCUT2D eigenvalue weighted by molar-refractivity contribution is 0.405. The fourth-order valence-corrected chi connectivity index (χ4v) is 2.97. The van der Waals surface area contributed by atoms with Crippen LogP contribution in [-0.2, 0) is 0 Å². The minimum Gasteiger partial charge on any atom is -0.354 e. The third-order valence-corrected chi connectivity index (χ3v) is 5.09. The van der Waals surface area contributed by atoms with Gasteiger partial charge in [-0.3, -0.25) is 4.98 Å². The standard InChI is InChI=1S/C21H25BrN6/c1-15-13-17(5-6-18(15)22)25-20-14-19(16-7-10-23-11-8-16)26-21(27-20)24-9-4-12-28(2)3/h5-8,10-11,13-14H,4,9,12H2,1-3H3,(H2,24,25,26,27). The van der Waals surface area contributed by atoms with Gasteiger partial charge in [-0.2, -0.15) is 4.98 Å². The number of nitrogens with zero attached hydrogens (tertiary/aromatic N) is 4. The Hall–Kier alpha value is -2.51. The molecule has 0 unspecified atom stereocenters. The molecule has 1 aromatic carbocycles. The predicted octanol–water partition coefficient (Wildman–Crippen LogP) is 4.72. The van der Waals surface area contributed by atoms with Crippen LogP contribution in [0.1, 0.15) is 12.0 Å². The zero-order chi connectivity index (χ0) is 19.9.